The Morgan fingerprint density at radius 1 is 0.821 bits per heavy atom. The minimum absolute atomic E-state index is 0.119. The normalized spacial score (nSPS) is 15.6. The summed E-state index contributed by atoms with van der Waals surface area (Å²) in [4.78, 5) is 6.48. The highest BCUT2D eigenvalue weighted by molar-refractivity contribution is 5.70. The van der Waals surface area contributed by atoms with Gasteiger partial charge in [0.1, 0.15) is 0 Å². The fourth-order valence-corrected chi connectivity index (χ4v) is 3.18. The monoisotopic (exact) mass is 400 g/mol. The molecule has 0 unspecified atom stereocenters. The fourth-order valence-electron chi connectivity index (χ4n) is 3.18. The molecule has 28 heavy (non-hydrogen) atoms. The van der Waals surface area contributed by atoms with Crippen LogP contribution in [-0.4, -0.2) is 18.1 Å². The van der Waals surface area contributed by atoms with E-state index in [9.17, 15) is 26.3 Å². The average molecular weight is 400 g/mol. The molecule has 1 aromatic carbocycles. The molecule has 2 heterocycles. The highest BCUT2D eigenvalue weighted by atomic mass is 19.4. The largest absolute Gasteiger partial charge is 0.416 e. The van der Waals surface area contributed by atoms with Gasteiger partial charge < -0.3 is 4.90 Å². The van der Waals surface area contributed by atoms with Crippen LogP contribution in [0.25, 0.3) is 12.2 Å². The van der Waals surface area contributed by atoms with Crippen LogP contribution in [0.2, 0.25) is 0 Å². The summed E-state index contributed by atoms with van der Waals surface area (Å²) in [7, 11) is 0. The molecule has 1 aromatic heterocycles. The Hall–Kier alpha value is -2.51. The first-order chi connectivity index (χ1) is 13.0. The van der Waals surface area contributed by atoms with Crippen molar-refractivity contribution in [1.82, 2.24) is 4.98 Å². The molecule has 1 saturated heterocycles. The smallest absolute Gasteiger partial charge is 0.371 e. The van der Waals surface area contributed by atoms with Gasteiger partial charge in [0.05, 0.1) is 16.8 Å². The van der Waals surface area contributed by atoms with E-state index in [2.05, 4.69) is 9.88 Å². The summed E-state index contributed by atoms with van der Waals surface area (Å²) in [6.07, 6.45) is -4.92. The molecule has 0 aliphatic carbocycles. The van der Waals surface area contributed by atoms with E-state index in [0.717, 1.165) is 37.3 Å². The lowest BCUT2D eigenvalue weighted by Gasteiger charge is -2.18. The lowest BCUT2D eigenvalue weighted by Crippen LogP contribution is -2.17. The Morgan fingerprint density at radius 3 is 1.93 bits per heavy atom. The second-order valence-corrected chi connectivity index (χ2v) is 6.76. The number of benzene rings is 1. The Morgan fingerprint density at radius 2 is 1.39 bits per heavy atom. The molecule has 0 atom stereocenters. The predicted molar refractivity (Wildman–Crippen MR) is 95.8 cm³/mol. The van der Waals surface area contributed by atoms with Gasteiger partial charge >= 0.3 is 12.4 Å². The zero-order chi connectivity index (χ0) is 20.5. The van der Waals surface area contributed by atoms with Crippen molar-refractivity contribution in [2.45, 2.75) is 32.1 Å². The predicted octanol–water partition coefficient (Wildman–Crippen LogP) is 6.20. The van der Waals surface area contributed by atoms with E-state index in [0.29, 0.717) is 17.8 Å². The molecule has 1 aliphatic rings. The minimum atomic E-state index is -4.87. The van der Waals surface area contributed by atoms with E-state index < -0.39 is 23.5 Å². The van der Waals surface area contributed by atoms with Crippen LogP contribution in [0, 0.1) is 6.92 Å². The van der Waals surface area contributed by atoms with Gasteiger partial charge in [-0.05, 0) is 61.7 Å². The molecule has 3 rings (SSSR count). The van der Waals surface area contributed by atoms with Crippen LogP contribution in [0.3, 0.4) is 0 Å². The molecular weight excluding hydrogens is 382 g/mol. The number of nitrogens with zero attached hydrogens (tertiary/aromatic N) is 2. The summed E-state index contributed by atoms with van der Waals surface area (Å²) in [5.74, 6) is 0. The summed E-state index contributed by atoms with van der Waals surface area (Å²) in [5, 5.41) is 0. The van der Waals surface area contributed by atoms with E-state index >= 15 is 0 Å². The van der Waals surface area contributed by atoms with Crippen molar-refractivity contribution in [3.05, 3.63) is 58.4 Å². The quantitative estimate of drug-likeness (QED) is 0.571. The maximum absolute atomic E-state index is 13.0. The molecular formula is C20H18F6N2. The van der Waals surface area contributed by atoms with Crippen LogP contribution in [0.4, 0.5) is 32.0 Å². The topological polar surface area (TPSA) is 16.1 Å². The second-order valence-electron chi connectivity index (χ2n) is 6.76. The zero-order valence-corrected chi connectivity index (χ0v) is 15.0. The minimum Gasteiger partial charge on any atom is -0.371 e. The van der Waals surface area contributed by atoms with Gasteiger partial charge in [-0.15, -0.1) is 0 Å². The fraction of sp³-hybridized carbons (Fsp3) is 0.350. The van der Waals surface area contributed by atoms with Crippen molar-refractivity contribution in [1.29, 1.82) is 0 Å². The maximum Gasteiger partial charge on any atom is 0.416 e. The Bertz CT molecular complexity index is 845. The summed E-state index contributed by atoms with van der Waals surface area (Å²) < 4.78 is 77.8. The third-order valence-corrected chi connectivity index (χ3v) is 4.49. The average Bonchev–Trinajstić information content (AvgIpc) is 3.12. The standard InChI is InChI=1S/C20H18F6N2/c1-13-8-18(28-6-2-3-7-28)12-17(27-13)5-4-14-9-15(19(21,22)23)11-16(10-14)20(24,25)26/h4-5,8-12H,2-3,6-7H2,1H3/b5-4+. The number of rotatable bonds is 3. The zero-order valence-electron chi connectivity index (χ0n) is 15.0. The van der Waals surface area contributed by atoms with E-state index in [1.807, 2.05) is 6.07 Å². The van der Waals surface area contributed by atoms with E-state index in [1.165, 1.54) is 12.2 Å². The summed E-state index contributed by atoms with van der Waals surface area (Å²) in [5.41, 5.74) is -0.705. The van der Waals surface area contributed by atoms with Crippen LogP contribution in [0.1, 0.15) is 40.9 Å². The number of aromatic nitrogens is 1. The molecule has 0 bridgehead atoms. The summed E-state index contributed by atoms with van der Waals surface area (Å²) in [6, 6.07) is 5.21. The van der Waals surface area contributed by atoms with Crippen molar-refractivity contribution in [2.24, 2.45) is 0 Å². The first-order valence-electron chi connectivity index (χ1n) is 8.73. The highest BCUT2D eigenvalue weighted by Crippen LogP contribution is 2.36. The SMILES string of the molecule is Cc1cc(N2CCCC2)cc(/C=C/c2cc(C(F)(F)F)cc(C(F)(F)F)c2)n1. The number of alkyl halides is 6. The molecule has 1 aliphatic heterocycles. The van der Waals surface area contributed by atoms with E-state index in [-0.39, 0.29) is 11.6 Å². The van der Waals surface area contributed by atoms with Gasteiger partial charge in [-0.2, -0.15) is 26.3 Å². The Balaban J connectivity index is 1.95. The lowest BCUT2D eigenvalue weighted by molar-refractivity contribution is -0.143. The first kappa shape index (κ1) is 20.2. The third kappa shape index (κ3) is 4.85. The summed E-state index contributed by atoms with van der Waals surface area (Å²) >= 11 is 0. The van der Waals surface area contributed by atoms with Crippen LogP contribution in [0.5, 0.6) is 0 Å². The van der Waals surface area contributed by atoms with Gasteiger partial charge in [0.2, 0.25) is 0 Å². The number of pyridine rings is 1. The Kier molecular flexibility index (Phi) is 5.41. The number of hydrogen-bond acceptors (Lipinski definition) is 2. The number of hydrogen-bond donors (Lipinski definition) is 0. The van der Waals surface area contributed by atoms with Crippen molar-refractivity contribution in [3.63, 3.8) is 0 Å². The van der Waals surface area contributed by atoms with Gasteiger partial charge in [-0.25, -0.2) is 0 Å². The number of anilines is 1. The molecule has 0 spiro atoms. The van der Waals surface area contributed by atoms with Crippen LogP contribution in [-0.2, 0) is 12.4 Å². The highest BCUT2D eigenvalue weighted by Gasteiger charge is 2.36. The molecule has 2 aromatic rings. The Labute approximate surface area is 158 Å². The number of halogens is 6. The van der Waals surface area contributed by atoms with Crippen molar-refractivity contribution >= 4 is 17.8 Å². The van der Waals surface area contributed by atoms with Crippen LogP contribution in [0.15, 0.2) is 30.3 Å². The summed E-state index contributed by atoms with van der Waals surface area (Å²) in [6.45, 7) is 3.62. The molecule has 0 saturated carbocycles. The van der Waals surface area contributed by atoms with Crippen molar-refractivity contribution < 1.29 is 26.3 Å². The lowest BCUT2D eigenvalue weighted by atomic mass is 10.0. The second kappa shape index (κ2) is 7.48. The number of aryl methyl sites for hydroxylation is 1. The van der Waals surface area contributed by atoms with Gasteiger partial charge in [-0.3, -0.25) is 4.98 Å². The molecule has 1 fully saturated rings. The molecule has 0 N–H and O–H groups in total. The van der Waals surface area contributed by atoms with E-state index in [4.69, 9.17) is 0 Å². The maximum atomic E-state index is 13.0. The van der Waals surface area contributed by atoms with Gasteiger partial charge in [0, 0.05) is 24.5 Å². The molecule has 0 radical (unpaired) electrons. The van der Waals surface area contributed by atoms with Crippen molar-refractivity contribution in [2.75, 3.05) is 18.0 Å². The molecule has 150 valence electrons. The molecule has 2 nitrogen and oxygen atoms in total. The third-order valence-electron chi connectivity index (χ3n) is 4.49. The van der Waals surface area contributed by atoms with Gasteiger partial charge in [0.25, 0.3) is 0 Å². The molecule has 0 amide bonds. The van der Waals surface area contributed by atoms with Crippen molar-refractivity contribution in [3.8, 4) is 0 Å². The van der Waals surface area contributed by atoms with Gasteiger partial charge in [-0.1, -0.05) is 6.08 Å². The van der Waals surface area contributed by atoms with Crippen LogP contribution >= 0.6 is 0 Å². The van der Waals surface area contributed by atoms with Crippen LogP contribution < -0.4 is 4.90 Å². The van der Waals surface area contributed by atoms with E-state index in [1.54, 1.807) is 13.0 Å². The first-order valence-corrected chi connectivity index (χ1v) is 8.73. The van der Waals surface area contributed by atoms with Gasteiger partial charge in [0.15, 0.2) is 0 Å². The molecule has 8 heteroatoms.